The summed E-state index contributed by atoms with van der Waals surface area (Å²) in [5, 5.41) is 8.95. The van der Waals surface area contributed by atoms with Crippen LogP contribution in [0.5, 0.6) is 5.75 Å². The Morgan fingerprint density at radius 2 is 2.14 bits per heavy atom. The summed E-state index contributed by atoms with van der Waals surface area (Å²) in [5.41, 5.74) is 1.35. The maximum Gasteiger partial charge on any atom is 0.138 e. The molecule has 0 fully saturated rings. The maximum absolute atomic E-state index is 8.95. The summed E-state index contributed by atoms with van der Waals surface area (Å²) in [6.07, 6.45) is 0. The summed E-state index contributed by atoms with van der Waals surface area (Å²) >= 11 is 3.34. The van der Waals surface area contributed by atoms with E-state index in [9.17, 15) is 0 Å². The van der Waals surface area contributed by atoms with Crippen molar-refractivity contribution in [3.8, 4) is 11.8 Å². The third kappa shape index (κ3) is 2.25. The van der Waals surface area contributed by atoms with E-state index in [1.807, 2.05) is 6.07 Å². The number of methoxy groups -OCH3 is 2. The number of benzene rings is 1. The fourth-order valence-electron chi connectivity index (χ4n) is 1.19. The summed E-state index contributed by atoms with van der Waals surface area (Å²) < 4.78 is 11.0. The molecule has 0 aliphatic rings. The number of ether oxygens (including phenoxy) is 2. The number of nitriles is 1. The van der Waals surface area contributed by atoms with Crippen LogP contribution in [0.25, 0.3) is 0 Å². The molecule has 4 heteroatoms. The molecule has 1 rings (SSSR count). The van der Waals surface area contributed by atoms with Gasteiger partial charge in [0.1, 0.15) is 11.8 Å². The van der Waals surface area contributed by atoms with Crippen LogP contribution in [-0.4, -0.2) is 14.2 Å². The number of hydrogen-bond acceptors (Lipinski definition) is 3. The monoisotopic (exact) mass is 255 g/mol. The topological polar surface area (TPSA) is 42.2 Å². The first-order valence-electron chi connectivity index (χ1n) is 3.98. The van der Waals surface area contributed by atoms with E-state index < -0.39 is 0 Å². The highest BCUT2D eigenvalue weighted by Crippen LogP contribution is 2.27. The van der Waals surface area contributed by atoms with Gasteiger partial charge in [0.15, 0.2) is 0 Å². The zero-order chi connectivity index (χ0) is 10.6. The largest absolute Gasteiger partial charge is 0.495 e. The van der Waals surface area contributed by atoms with Gasteiger partial charge in [0.25, 0.3) is 0 Å². The molecule has 0 aliphatic carbocycles. The number of rotatable bonds is 3. The van der Waals surface area contributed by atoms with Crippen molar-refractivity contribution in [2.45, 2.75) is 6.61 Å². The van der Waals surface area contributed by atoms with Gasteiger partial charge in [-0.1, -0.05) is 15.9 Å². The predicted molar refractivity (Wildman–Crippen MR) is 56.1 cm³/mol. The van der Waals surface area contributed by atoms with Crippen LogP contribution in [-0.2, 0) is 11.3 Å². The Morgan fingerprint density at radius 3 is 2.64 bits per heavy atom. The molecule has 74 valence electrons. The Balaban J connectivity index is 3.26. The number of halogens is 1. The lowest BCUT2D eigenvalue weighted by Gasteiger charge is -2.08. The van der Waals surface area contributed by atoms with Gasteiger partial charge in [-0.25, -0.2) is 0 Å². The van der Waals surface area contributed by atoms with Gasteiger partial charge in [-0.2, -0.15) is 5.26 Å². The Morgan fingerprint density at radius 1 is 1.43 bits per heavy atom. The molecule has 0 radical (unpaired) electrons. The quantitative estimate of drug-likeness (QED) is 0.834. The molecule has 0 amide bonds. The lowest BCUT2D eigenvalue weighted by atomic mass is 10.1. The van der Waals surface area contributed by atoms with E-state index in [1.54, 1.807) is 20.3 Å². The van der Waals surface area contributed by atoms with Crippen LogP contribution in [0.2, 0.25) is 0 Å². The molecule has 0 N–H and O–H groups in total. The molecule has 1 aromatic carbocycles. The van der Waals surface area contributed by atoms with Crippen LogP contribution in [0.15, 0.2) is 16.6 Å². The minimum absolute atomic E-state index is 0.401. The van der Waals surface area contributed by atoms with E-state index in [2.05, 4.69) is 22.0 Å². The van der Waals surface area contributed by atoms with E-state index in [0.29, 0.717) is 17.9 Å². The van der Waals surface area contributed by atoms with Crippen LogP contribution in [0.4, 0.5) is 0 Å². The molecule has 0 heterocycles. The van der Waals surface area contributed by atoms with Crippen LogP contribution < -0.4 is 4.74 Å². The fourth-order valence-corrected chi connectivity index (χ4v) is 1.68. The summed E-state index contributed by atoms with van der Waals surface area (Å²) in [4.78, 5) is 0. The molecular formula is C10H10BrNO2. The van der Waals surface area contributed by atoms with Gasteiger partial charge < -0.3 is 9.47 Å². The molecule has 1 aromatic rings. The number of nitrogens with zero attached hydrogens (tertiary/aromatic N) is 1. The van der Waals surface area contributed by atoms with Crippen molar-refractivity contribution in [3.63, 3.8) is 0 Å². The Kier molecular flexibility index (Phi) is 3.93. The minimum atomic E-state index is 0.401. The molecule has 0 saturated heterocycles. The average molecular weight is 256 g/mol. The van der Waals surface area contributed by atoms with Crippen molar-refractivity contribution >= 4 is 15.9 Å². The van der Waals surface area contributed by atoms with Crippen LogP contribution in [0.1, 0.15) is 11.1 Å². The zero-order valence-corrected chi connectivity index (χ0v) is 9.59. The van der Waals surface area contributed by atoms with Gasteiger partial charge in [0, 0.05) is 17.1 Å². The molecule has 0 unspecified atom stereocenters. The van der Waals surface area contributed by atoms with Gasteiger partial charge >= 0.3 is 0 Å². The minimum Gasteiger partial charge on any atom is -0.495 e. The van der Waals surface area contributed by atoms with Gasteiger partial charge in [-0.05, 0) is 12.1 Å². The van der Waals surface area contributed by atoms with E-state index in [0.717, 1.165) is 10.0 Å². The normalized spacial score (nSPS) is 9.57. The van der Waals surface area contributed by atoms with E-state index in [1.165, 1.54) is 0 Å². The summed E-state index contributed by atoms with van der Waals surface area (Å²) in [5.74, 6) is 0.564. The van der Waals surface area contributed by atoms with Gasteiger partial charge in [-0.3, -0.25) is 0 Å². The van der Waals surface area contributed by atoms with Crippen molar-refractivity contribution in [1.29, 1.82) is 5.26 Å². The first kappa shape index (κ1) is 11.0. The molecule has 0 aliphatic heterocycles. The van der Waals surface area contributed by atoms with Crippen molar-refractivity contribution in [2.75, 3.05) is 14.2 Å². The highest BCUT2D eigenvalue weighted by atomic mass is 79.9. The van der Waals surface area contributed by atoms with E-state index in [4.69, 9.17) is 14.7 Å². The summed E-state index contributed by atoms with van der Waals surface area (Å²) in [7, 11) is 3.13. The summed E-state index contributed by atoms with van der Waals surface area (Å²) in [6, 6.07) is 5.71. The van der Waals surface area contributed by atoms with E-state index in [-0.39, 0.29) is 0 Å². The first-order valence-corrected chi connectivity index (χ1v) is 4.77. The van der Waals surface area contributed by atoms with Crippen molar-refractivity contribution in [3.05, 3.63) is 27.7 Å². The molecular weight excluding hydrogens is 246 g/mol. The van der Waals surface area contributed by atoms with Crippen LogP contribution in [0, 0.1) is 11.3 Å². The second-order valence-corrected chi connectivity index (χ2v) is 3.60. The molecule has 3 nitrogen and oxygen atoms in total. The van der Waals surface area contributed by atoms with Crippen molar-refractivity contribution < 1.29 is 9.47 Å². The SMILES string of the molecule is COCc1cc(Br)cc(OC)c1C#N. The maximum atomic E-state index is 8.95. The third-order valence-corrected chi connectivity index (χ3v) is 2.24. The third-order valence-electron chi connectivity index (χ3n) is 1.78. The summed E-state index contributed by atoms with van der Waals surface area (Å²) in [6.45, 7) is 0.401. The fraction of sp³-hybridized carbons (Fsp3) is 0.300. The second kappa shape index (κ2) is 4.99. The molecule has 14 heavy (non-hydrogen) atoms. The smallest absolute Gasteiger partial charge is 0.138 e. The van der Waals surface area contributed by atoms with Gasteiger partial charge in [0.2, 0.25) is 0 Å². The molecule has 0 bridgehead atoms. The number of hydrogen-bond donors (Lipinski definition) is 0. The highest BCUT2D eigenvalue weighted by molar-refractivity contribution is 9.10. The lowest BCUT2D eigenvalue weighted by molar-refractivity contribution is 0.184. The first-order chi connectivity index (χ1) is 6.72. The molecule has 0 spiro atoms. The predicted octanol–water partition coefficient (Wildman–Crippen LogP) is 2.48. The Hall–Kier alpha value is -1.05. The molecule has 0 saturated carbocycles. The van der Waals surface area contributed by atoms with Crippen LogP contribution in [0.3, 0.4) is 0 Å². The lowest BCUT2D eigenvalue weighted by Crippen LogP contribution is -1.96. The Labute approximate surface area is 91.4 Å². The second-order valence-electron chi connectivity index (χ2n) is 2.69. The standard InChI is InChI=1S/C10H10BrNO2/c1-13-6-7-3-8(11)4-10(14-2)9(7)5-12/h3-4H,6H2,1-2H3. The van der Waals surface area contributed by atoms with Gasteiger partial charge in [0.05, 0.1) is 19.3 Å². The van der Waals surface area contributed by atoms with Crippen molar-refractivity contribution in [1.82, 2.24) is 0 Å². The van der Waals surface area contributed by atoms with Crippen molar-refractivity contribution in [2.24, 2.45) is 0 Å². The highest BCUT2D eigenvalue weighted by Gasteiger charge is 2.09. The van der Waals surface area contributed by atoms with Crippen LogP contribution >= 0.6 is 15.9 Å². The molecule has 0 atom stereocenters. The average Bonchev–Trinajstić information content (AvgIpc) is 2.17. The van der Waals surface area contributed by atoms with E-state index >= 15 is 0 Å². The molecule has 0 aromatic heterocycles. The Bertz CT molecular complexity index is 371. The zero-order valence-electron chi connectivity index (χ0n) is 8.00. The van der Waals surface area contributed by atoms with Gasteiger partial charge in [-0.15, -0.1) is 0 Å².